The van der Waals surface area contributed by atoms with E-state index >= 15 is 0 Å². The Morgan fingerprint density at radius 1 is 0.514 bits per heavy atom. The Labute approximate surface area is 217 Å². The summed E-state index contributed by atoms with van der Waals surface area (Å²) >= 11 is 0. The first-order valence-corrected chi connectivity index (χ1v) is 11.1. The van der Waals surface area contributed by atoms with Crippen molar-refractivity contribution in [2.24, 2.45) is 0 Å². The molecule has 35 heavy (non-hydrogen) atoms. The Bertz CT molecular complexity index is 2710. The van der Waals surface area contributed by atoms with Gasteiger partial charge in [0, 0.05) is 10.8 Å². The molecule has 0 amide bonds. The second-order valence-corrected chi connectivity index (χ2v) is 8.48. The summed E-state index contributed by atoms with van der Waals surface area (Å²) < 4.78 is 103. The van der Waals surface area contributed by atoms with E-state index < -0.39 is 54.4 Å². The topological polar surface area (TPSA) is 13.1 Å². The second kappa shape index (κ2) is 6.94. The van der Waals surface area contributed by atoms with E-state index in [1.165, 1.54) is 0 Å². The van der Waals surface area contributed by atoms with E-state index in [4.69, 9.17) is 16.8 Å². The number of rotatable bonds is 1. The Hall–Kier alpha value is -4.62. The predicted octanol–water partition coefficient (Wildman–Crippen LogP) is 9.87. The number of furan rings is 1. The minimum Gasteiger partial charge on any atom is -0.456 e. The Morgan fingerprint density at radius 2 is 1.34 bits per heavy atom. The lowest BCUT2D eigenvalue weighted by atomic mass is 9.94. The first-order chi connectivity index (χ1) is 21.9. The molecule has 0 radical (unpaired) electrons. The SMILES string of the molecule is [2H]c1c(-c2cccc3oc4cc5ccccc5cc4c23)c([2H])c2c([2H])c3c(c([2H])c([2H])c4c([2H])c([2H])c([2H])c([2H])c43)c([2H])c2c1[2H]. The van der Waals surface area contributed by atoms with E-state index in [1.807, 2.05) is 36.4 Å². The fraction of sp³-hybridized carbons (Fsp3) is 0. The predicted molar refractivity (Wildman–Crippen MR) is 149 cm³/mol. The highest BCUT2D eigenvalue weighted by Gasteiger charge is 2.14. The molecule has 0 N–H and O–H groups in total. The van der Waals surface area contributed by atoms with Gasteiger partial charge in [-0.15, -0.1) is 0 Å². The molecule has 0 saturated carbocycles. The minimum absolute atomic E-state index is 0.0422. The van der Waals surface area contributed by atoms with Crippen LogP contribution in [0.3, 0.4) is 0 Å². The Kier molecular flexibility index (Phi) is 2.22. The first-order valence-electron chi connectivity index (χ1n) is 16.6. The van der Waals surface area contributed by atoms with Gasteiger partial charge in [0.25, 0.3) is 0 Å². The van der Waals surface area contributed by atoms with Crippen LogP contribution in [0.15, 0.2) is 125 Å². The van der Waals surface area contributed by atoms with Gasteiger partial charge in [0.15, 0.2) is 0 Å². The van der Waals surface area contributed by atoms with Gasteiger partial charge in [-0.25, -0.2) is 0 Å². The van der Waals surface area contributed by atoms with E-state index in [9.17, 15) is 2.74 Å². The third-order valence-electron chi connectivity index (χ3n) is 6.45. The van der Waals surface area contributed by atoms with Crippen LogP contribution < -0.4 is 0 Å². The van der Waals surface area contributed by atoms with Crippen LogP contribution >= 0.6 is 0 Å². The number of benzene rings is 7. The zero-order valence-corrected chi connectivity index (χ0v) is 18.1. The van der Waals surface area contributed by atoms with Crippen molar-refractivity contribution >= 4 is 65.0 Å². The fourth-order valence-electron chi connectivity index (χ4n) is 4.82. The maximum atomic E-state index is 9.40. The maximum absolute atomic E-state index is 9.40. The first kappa shape index (κ1) is 11.2. The molecule has 0 fully saturated rings. The molecular formula is C34H20O. The highest BCUT2D eigenvalue weighted by molar-refractivity contribution is 6.17. The van der Waals surface area contributed by atoms with Crippen molar-refractivity contribution in [1.29, 1.82) is 0 Å². The van der Waals surface area contributed by atoms with E-state index in [1.54, 1.807) is 18.2 Å². The molecule has 1 heterocycles. The average molecular weight is 456 g/mol. The lowest BCUT2D eigenvalue weighted by molar-refractivity contribution is 0.669. The van der Waals surface area contributed by atoms with E-state index in [0.717, 1.165) is 16.2 Å². The smallest absolute Gasteiger partial charge is 0.136 e. The number of hydrogen-bond acceptors (Lipinski definition) is 1. The maximum Gasteiger partial charge on any atom is 0.136 e. The van der Waals surface area contributed by atoms with Crippen molar-refractivity contribution in [2.75, 3.05) is 0 Å². The van der Waals surface area contributed by atoms with Gasteiger partial charge >= 0.3 is 0 Å². The molecule has 0 aliphatic heterocycles. The lowest BCUT2D eigenvalue weighted by Gasteiger charge is -2.09. The molecule has 0 atom stereocenters. The number of hydrogen-bond donors (Lipinski definition) is 0. The third-order valence-corrected chi connectivity index (χ3v) is 6.45. The molecule has 162 valence electrons. The van der Waals surface area contributed by atoms with Crippen molar-refractivity contribution < 1.29 is 19.5 Å². The summed E-state index contributed by atoms with van der Waals surface area (Å²) in [6, 6.07) is 11.6. The summed E-state index contributed by atoms with van der Waals surface area (Å²) in [5, 5.41) is 2.06. The van der Waals surface area contributed by atoms with Gasteiger partial charge in [-0.2, -0.15) is 0 Å². The molecule has 0 spiro atoms. The molecule has 0 bridgehead atoms. The van der Waals surface area contributed by atoms with E-state index in [-0.39, 0.29) is 50.0 Å². The summed E-state index contributed by atoms with van der Waals surface area (Å²) in [7, 11) is 0. The van der Waals surface area contributed by atoms with Crippen molar-refractivity contribution in [3.63, 3.8) is 0 Å². The van der Waals surface area contributed by atoms with Crippen molar-refractivity contribution in [2.45, 2.75) is 0 Å². The van der Waals surface area contributed by atoms with Crippen molar-refractivity contribution in [3.8, 4) is 11.1 Å². The van der Waals surface area contributed by atoms with Crippen LogP contribution in [0, 0.1) is 0 Å². The second-order valence-electron chi connectivity index (χ2n) is 8.48. The van der Waals surface area contributed by atoms with Crippen LogP contribution in [0.1, 0.15) is 15.1 Å². The molecule has 7 aromatic carbocycles. The fourth-order valence-corrected chi connectivity index (χ4v) is 4.82. The molecule has 8 aromatic rings. The molecule has 0 saturated heterocycles. The van der Waals surface area contributed by atoms with Crippen LogP contribution in [-0.4, -0.2) is 0 Å². The zero-order chi connectivity index (χ0) is 32.5. The molecule has 0 aliphatic carbocycles. The number of fused-ring (bicyclic) bond motifs is 8. The molecule has 0 aliphatic rings. The van der Waals surface area contributed by atoms with Gasteiger partial charge in [0.2, 0.25) is 0 Å². The standard InChI is InChI=1S/C34H20O/c1-2-8-23-20-33-31(18-22(23)7-1)34-29(10-5-11-32(34)35-33)25-15-13-24-16-26-14-12-21-6-3-4-9-28(21)30(26)19-27(24)17-25/h1-20H/i3D,4D,6D,9D,12D,13D,14D,15D,16D,17D,19D. The van der Waals surface area contributed by atoms with Gasteiger partial charge in [-0.1, -0.05) is 84.7 Å². The quantitative estimate of drug-likeness (QED) is 0.177. The Morgan fingerprint density at radius 3 is 2.29 bits per heavy atom. The van der Waals surface area contributed by atoms with Crippen LogP contribution in [0.25, 0.3) is 76.2 Å². The average Bonchev–Trinajstić information content (AvgIpc) is 3.41. The molecular weight excluding hydrogens is 424 g/mol. The molecule has 8 rings (SSSR count). The third kappa shape index (κ3) is 2.76. The van der Waals surface area contributed by atoms with Gasteiger partial charge in [0.1, 0.15) is 11.2 Å². The van der Waals surface area contributed by atoms with Crippen LogP contribution in [0.5, 0.6) is 0 Å². The molecule has 0 unspecified atom stereocenters. The van der Waals surface area contributed by atoms with Gasteiger partial charge in [-0.05, 0) is 90.5 Å². The minimum atomic E-state index is -0.595. The lowest BCUT2D eigenvalue weighted by Crippen LogP contribution is -1.83. The van der Waals surface area contributed by atoms with Crippen LogP contribution in [0.4, 0.5) is 0 Å². The van der Waals surface area contributed by atoms with E-state index in [0.29, 0.717) is 22.1 Å². The van der Waals surface area contributed by atoms with Crippen LogP contribution in [-0.2, 0) is 0 Å². The summed E-state index contributed by atoms with van der Waals surface area (Å²) in [5.41, 5.74) is 1.57. The monoisotopic (exact) mass is 455 g/mol. The van der Waals surface area contributed by atoms with E-state index in [2.05, 4.69) is 0 Å². The highest BCUT2D eigenvalue weighted by atomic mass is 16.3. The Balaban J connectivity index is 1.58. The van der Waals surface area contributed by atoms with Crippen molar-refractivity contribution in [1.82, 2.24) is 0 Å². The molecule has 1 aromatic heterocycles. The van der Waals surface area contributed by atoms with Crippen LogP contribution in [0.2, 0.25) is 0 Å². The summed E-state index contributed by atoms with van der Waals surface area (Å²) in [4.78, 5) is 0. The zero-order valence-electron chi connectivity index (χ0n) is 29.1. The summed E-state index contributed by atoms with van der Waals surface area (Å²) in [6.07, 6.45) is 0. The van der Waals surface area contributed by atoms with Gasteiger partial charge in [0.05, 0.1) is 15.1 Å². The van der Waals surface area contributed by atoms with Gasteiger partial charge in [-0.3, -0.25) is 0 Å². The summed E-state index contributed by atoms with van der Waals surface area (Å²) in [5.74, 6) is 0. The highest BCUT2D eigenvalue weighted by Crippen LogP contribution is 2.39. The van der Waals surface area contributed by atoms with Crippen molar-refractivity contribution in [3.05, 3.63) is 121 Å². The largest absolute Gasteiger partial charge is 0.456 e. The normalized spacial score (nSPS) is 16.4. The summed E-state index contributed by atoms with van der Waals surface area (Å²) in [6.45, 7) is 0. The molecule has 1 nitrogen and oxygen atoms in total. The van der Waals surface area contributed by atoms with Gasteiger partial charge < -0.3 is 4.42 Å². The molecule has 1 heteroatoms.